The van der Waals surface area contributed by atoms with Crippen molar-refractivity contribution in [2.45, 2.75) is 40.2 Å². The fourth-order valence-electron chi connectivity index (χ4n) is 2.42. The van der Waals surface area contributed by atoms with Gasteiger partial charge < -0.3 is 15.4 Å². The molecule has 0 aliphatic heterocycles. The van der Waals surface area contributed by atoms with Crippen LogP contribution in [0.2, 0.25) is 0 Å². The maximum atomic E-state index is 12.3. The Morgan fingerprint density at radius 3 is 2.65 bits per heavy atom. The first-order valence-electron chi connectivity index (χ1n) is 8.49. The second kappa shape index (κ2) is 8.80. The number of carbonyl (C=O) groups is 2. The smallest absolute Gasteiger partial charge is 0.228 e. The Balaban J connectivity index is 1.98. The number of hydrogen-bond acceptors (Lipinski definition) is 5. The van der Waals surface area contributed by atoms with Crippen LogP contribution in [0.15, 0.2) is 23.6 Å². The Hall–Kier alpha value is -2.41. The lowest BCUT2D eigenvalue weighted by atomic mass is 10.0. The first-order chi connectivity index (χ1) is 12.3. The van der Waals surface area contributed by atoms with E-state index in [0.717, 1.165) is 16.9 Å². The van der Waals surface area contributed by atoms with E-state index in [9.17, 15) is 9.59 Å². The summed E-state index contributed by atoms with van der Waals surface area (Å²) < 4.78 is 5.38. The summed E-state index contributed by atoms with van der Waals surface area (Å²) in [5.74, 6) is 0.412. The fourth-order valence-corrected chi connectivity index (χ4v) is 3.14. The topological polar surface area (TPSA) is 80.3 Å². The van der Waals surface area contributed by atoms with Crippen molar-refractivity contribution in [2.75, 3.05) is 12.4 Å². The predicted octanol–water partition coefficient (Wildman–Crippen LogP) is 3.47. The van der Waals surface area contributed by atoms with Crippen molar-refractivity contribution >= 4 is 28.3 Å². The molecule has 0 aliphatic carbocycles. The zero-order valence-corrected chi connectivity index (χ0v) is 16.6. The summed E-state index contributed by atoms with van der Waals surface area (Å²) in [4.78, 5) is 28.3. The van der Waals surface area contributed by atoms with Crippen LogP contribution in [0.1, 0.15) is 43.6 Å². The van der Waals surface area contributed by atoms with Gasteiger partial charge in [-0.2, -0.15) is 0 Å². The highest BCUT2D eigenvalue weighted by Crippen LogP contribution is 2.26. The largest absolute Gasteiger partial charge is 0.496 e. The molecule has 2 rings (SSSR count). The lowest BCUT2D eigenvalue weighted by Gasteiger charge is -2.17. The molecule has 0 saturated carbocycles. The molecule has 0 spiro atoms. The highest BCUT2D eigenvalue weighted by Gasteiger charge is 2.16. The van der Waals surface area contributed by atoms with Crippen molar-refractivity contribution in [1.82, 2.24) is 10.3 Å². The van der Waals surface area contributed by atoms with Crippen LogP contribution in [0.5, 0.6) is 5.75 Å². The van der Waals surface area contributed by atoms with Gasteiger partial charge in [-0.1, -0.05) is 31.5 Å². The lowest BCUT2D eigenvalue weighted by molar-refractivity contribution is -0.121. The zero-order chi connectivity index (χ0) is 19.3. The van der Waals surface area contributed by atoms with Crippen LogP contribution in [0.25, 0.3) is 0 Å². The first kappa shape index (κ1) is 19.9. The van der Waals surface area contributed by atoms with Gasteiger partial charge in [0.2, 0.25) is 11.8 Å². The highest BCUT2D eigenvalue weighted by molar-refractivity contribution is 7.13. The van der Waals surface area contributed by atoms with E-state index in [1.807, 2.05) is 45.9 Å². The number of benzene rings is 1. The molecule has 0 saturated heterocycles. The van der Waals surface area contributed by atoms with Crippen LogP contribution in [0.3, 0.4) is 0 Å². The number of amides is 2. The van der Waals surface area contributed by atoms with E-state index in [1.54, 1.807) is 12.5 Å². The van der Waals surface area contributed by atoms with Gasteiger partial charge in [0, 0.05) is 16.9 Å². The van der Waals surface area contributed by atoms with Crippen molar-refractivity contribution in [3.63, 3.8) is 0 Å². The number of aryl methyl sites for hydroxylation is 1. The molecule has 1 aromatic carbocycles. The molecule has 1 unspecified atom stereocenters. The number of ether oxygens (including phenoxy) is 1. The number of carbonyl (C=O) groups excluding carboxylic acids is 2. The third kappa shape index (κ3) is 5.29. The van der Waals surface area contributed by atoms with Gasteiger partial charge in [-0.3, -0.25) is 9.59 Å². The number of hydrogen-bond donors (Lipinski definition) is 2. The summed E-state index contributed by atoms with van der Waals surface area (Å²) >= 11 is 1.32. The maximum absolute atomic E-state index is 12.3. The molecule has 2 amide bonds. The monoisotopic (exact) mass is 375 g/mol. The molecule has 1 atom stereocenters. The van der Waals surface area contributed by atoms with Gasteiger partial charge in [0.05, 0.1) is 25.3 Å². The van der Waals surface area contributed by atoms with E-state index in [2.05, 4.69) is 15.6 Å². The lowest BCUT2D eigenvalue weighted by Crippen LogP contribution is -2.28. The number of nitrogens with zero attached hydrogens (tertiary/aromatic N) is 1. The highest BCUT2D eigenvalue weighted by atomic mass is 32.1. The maximum Gasteiger partial charge on any atom is 0.228 e. The van der Waals surface area contributed by atoms with E-state index in [1.165, 1.54) is 11.3 Å². The van der Waals surface area contributed by atoms with E-state index in [-0.39, 0.29) is 30.2 Å². The minimum absolute atomic E-state index is 0.0875. The van der Waals surface area contributed by atoms with Gasteiger partial charge >= 0.3 is 0 Å². The molecule has 26 heavy (non-hydrogen) atoms. The van der Waals surface area contributed by atoms with Crippen LogP contribution in [-0.4, -0.2) is 23.9 Å². The van der Waals surface area contributed by atoms with Crippen molar-refractivity contribution in [2.24, 2.45) is 5.92 Å². The number of anilines is 1. The van der Waals surface area contributed by atoms with E-state index >= 15 is 0 Å². The molecule has 7 heteroatoms. The van der Waals surface area contributed by atoms with Crippen LogP contribution in [0.4, 0.5) is 5.13 Å². The average Bonchev–Trinajstić information content (AvgIpc) is 3.01. The second-order valence-corrected chi connectivity index (χ2v) is 7.36. The summed E-state index contributed by atoms with van der Waals surface area (Å²) in [7, 11) is 1.62. The average molecular weight is 375 g/mol. The Morgan fingerprint density at radius 1 is 1.27 bits per heavy atom. The van der Waals surface area contributed by atoms with Gasteiger partial charge in [0.25, 0.3) is 0 Å². The van der Waals surface area contributed by atoms with Crippen molar-refractivity contribution in [1.29, 1.82) is 0 Å². The van der Waals surface area contributed by atoms with Gasteiger partial charge in [-0.15, -0.1) is 11.3 Å². The quantitative estimate of drug-likeness (QED) is 0.776. The molecule has 2 aromatic rings. The number of aromatic nitrogens is 1. The molecule has 0 radical (unpaired) electrons. The van der Waals surface area contributed by atoms with E-state index < -0.39 is 0 Å². The molecule has 0 aliphatic rings. The Labute approximate surface area is 158 Å². The fraction of sp³-hybridized carbons (Fsp3) is 0.421. The molecule has 2 N–H and O–H groups in total. The molecular formula is C19H25N3O3S. The zero-order valence-electron chi connectivity index (χ0n) is 15.8. The molecule has 6 nitrogen and oxygen atoms in total. The molecule has 0 fully saturated rings. The standard InChI is InChI=1S/C19H25N3O3S/c1-11(2)18(24)22-19-21-14(10-26-19)9-17(23)20-13(4)15-8-12(3)6-7-16(15)25-5/h6-8,10-11,13H,9H2,1-5H3,(H,20,23)(H,21,22,24). The number of thiazole rings is 1. The Kier molecular flexibility index (Phi) is 6.74. The second-order valence-electron chi connectivity index (χ2n) is 6.50. The molecule has 1 aromatic heterocycles. The Bertz CT molecular complexity index is 786. The normalized spacial score (nSPS) is 11.9. The third-order valence-corrected chi connectivity index (χ3v) is 4.68. The molecular weight excluding hydrogens is 350 g/mol. The van der Waals surface area contributed by atoms with Crippen molar-refractivity contribution in [3.8, 4) is 5.75 Å². The van der Waals surface area contributed by atoms with Crippen molar-refractivity contribution < 1.29 is 14.3 Å². The van der Waals surface area contributed by atoms with Crippen LogP contribution in [-0.2, 0) is 16.0 Å². The van der Waals surface area contributed by atoms with Gasteiger partial charge in [0.1, 0.15) is 5.75 Å². The summed E-state index contributed by atoms with van der Waals surface area (Å²) in [6.07, 6.45) is 0.159. The van der Waals surface area contributed by atoms with Gasteiger partial charge in [0.15, 0.2) is 5.13 Å². The van der Waals surface area contributed by atoms with Crippen LogP contribution >= 0.6 is 11.3 Å². The summed E-state index contributed by atoms with van der Waals surface area (Å²) in [6.45, 7) is 7.56. The number of methoxy groups -OCH3 is 1. The Morgan fingerprint density at radius 2 is 2.00 bits per heavy atom. The van der Waals surface area contributed by atoms with Gasteiger partial charge in [-0.25, -0.2) is 4.98 Å². The molecule has 0 bridgehead atoms. The summed E-state index contributed by atoms with van der Waals surface area (Å²) in [5, 5.41) is 8.02. The minimum Gasteiger partial charge on any atom is -0.496 e. The third-order valence-electron chi connectivity index (χ3n) is 3.88. The first-order valence-corrected chi connectivity index (χ1v) is 9.37. The van der Waals surface area contributed by atoms with Gasteiger partial charge in [-0.05, 0) is 19.9 Å². The summed E-state index contributed by atoms with van der Waals surface area (Å²) in [6, 6.07) is 5.69. The van der Waals surface area contributed by atoms with Crippen LogP contribution in [0, 0.1) is 12.8 Å². The van der Waals surface area contributed by atoms with E-state index in [4.69, 9.17) is 4.74 Å². The van der Waals surface area contributed by atoms with Crippen molar-refractivity contribution in [3.05, 3.63) is 40.4 Å². The predicted molar refractivity (Wildman–Crippen MR) is 104 cm³/mol. The number of rotatable bonds is 7. The minimum atomic E-state index is -0.184. The molecule has 1 heterocycles. The molecule has 140 valence electrons. The summed E-state index contributed by atoms with van der Waals surface area (Å²) in [5.41, 5.74) is 2.67. The van der Waals surface area contributed by atoms with E-state index in [0.29, 0.717) is 10.8 Å². The van der Waals surface area contributed by atoms with Crippen LogP contribution < -0.4 is 15.4 Å². The SMILES string of the molecule is COc1ccc(C)cc1C(C)NC(=O)Cc1csc(NC(=O)C(C)C)n1. The number of nitrogens with one attached hydrogen (secondary N) is 2.